The Morgan fingerprint density at radius 1 is 0.903 bits per heavy atom. The van der Waals surface area contributed by atoms with Crippen molar-refractivity contribution in [2.24, 2.45) is 0 Å². The van der Waals surface area contributed by atoms with Crippen molar-refractivity contribution in [2.75, 3.05) is 26.4 Å². The lowest BCUT2D eigenvalue weighted by Crippen LogP contribution is -2.33. The minimum absolute atomic E-state index is 0.282. The molecule has 0 fully saturated rings. The number of carbonyl (C=O) groups is 3. The molecule has 8 nitrogen and oxygen atoms in total. The molecule has 0 unspecified atom stereocenters. The minimum atomic E-state index is -0.731. The topological polar surface area (TPSA) is 103 Å². The third kappa shape index (κ3) is 8.18. The van der Waals surface area contributed by atoms with Crippen LogP contribution in [0.2, 0.25) is 5.02 Å². The molecule has 0 aliphatic carbocycles. The fourth-order valence-electron chi connectivity index (χ4n) is 2.50. The number of nitrogens with one attached hydrogen (secondary N) is 2. The second kappa shape index (κ2) is 12.4. The van der Waals surface area contributed by atoms with Gasteiger partial charge in [0.25, 0.3) is 11.8 Å². The van der Waals surface area contributed by atoms with Crippen molar-refractivity contribution in [3.8, 4) is 11.5 Å². The molecule has 9 heteroatoms. The van der Waals surface area contributed by atoms with E-state index < -0.39 is 24.4 Å². The van der Waals surface area contributed by atoms with Crippen molar-refractivity contribution in [3.63, 3.8) is 0 Å². The van der Waals surface area contributed by atoms with Gasteiger partial charge in [0, 0.05) is 17.1 Å². The molecular formula is C22H25ClN2O6. The standard InChI is InChI=1S/C22H25ClN2O6/c1-3-29-18-10-7-16(11-19(18)30-4-2)22(28)25-13-21(27)31-14-20(26)24-12-15-5-8-17(23)9-6-15/h5-11H,3-4,12-14H2,1-2H3,(H,24,26)(H,25,28). The van der Waals surface area contributed by atoms with E-state index in [-0.39, 0.29) is 13.1 Å². The van der Waals surface area contributed by atoms with Crippen molar-refractivity contribution in [3.05, 3.63) is 58.6 Å². The van der Waals surface area contributed by atoms with Crippen molar-refractivity contribution in [1.82, 2.24) is 10.6 Å². The van der Waals surface area contributed by atoms with Gasteiger partial charge in [-0.15, -0.1) is 0 Å². The summed E-state index contributed by atoms with van der Waals surface area (Å²) in [6.07, 6.45) is 0. The Bertz CT molecular complexity index is 901. The highest BCUT2D eigenvalue weighted by atomic mass is 35.5. The first-order valence-corrected chi connectivity index (χ1v) is 10.1. The van der Waals surface area contributed by atoms with Gasteiger partial charge in [-0.05, 0) is 49.7 Å². The number of ether oxygens (including phenoxy) is 3. The summed E-state index contributed by atoms with van der Waals surface area (Å²) in [4.78, 5) is 35.9. The molecule has 0 atom stereocenters. The van der Waals surface area contributed by atoms with Gasteiger partial charge in [-0.1, -0.05) is 23.7 Å². The summed E-state index contributed by atoms with van der Waals surface area (Å²) < 4.78 is 15.8. The predicted molar refractivity (Wildman–Crippen MR) is 115 cm³/mol. The van der Waals surface area contributed by atoms with Crippen LogP contribution in [-0.4, -0.2) is 44.1 Å². The van der Waals surface area contributed by atoms with Gasteiger partial charge in [0.15, 0.2) is 18.1 Å². The zero-order valence-corrected chi connectivity index (χ0v) is 18.2. The second-order valence-electron chi connectivity index (χ2n) is 6.27. The van der Waals surface area contributed by atoms with Crippen LogP contribution in [0.15, 0.2) is 42.5 Å². The Balaban J connectivity index is 1.76. The third-order valence-electron chi connectivity index (χ3n) is 3.97. The molecule has 0 aliphatic rings. The summed E-state index contributed by atoms with van der Waals surface area (Å²) in [5.74, 6) is -0.691. The summed E-state index contributed by atoms with van der Waals surface area (Å²) in [6, 6.07) is 11.7. The van der Waals surface area contributed by atoms with Gasteiger partial charge in [-0.25, -0.2) is 0 Å². The van der Waals surface area contributed by atoms with Gasteiger partial charge in [0.1, 0.15) is 6.54 Å². The van der Waals surface area contributed by atoms with E-state index in [2.05, 4.69) is 10.6 Å². The van der Waals surface area contributed by atoms with Crippen LogP contribution < -0.4 is 20.1 Å². The first-order chi connectivity index (χ1) is 14.9. The maximum Gasteiger partial charge on any atom is 0.325 e. The molecule has 2 N–H and O–H groups in total. The van der Waals surface area contributed by atoms with Crippen molar-refractivity contribution < 1.29 is 28.6 Å². The molecule has 0 spiro atoms. The van der Waals surface area contributed by atoms with Crippen LogP contribution in [0.4, 0.5) is 0 Å². The average Bonchev–Trinajstić information content (AvgIpc) is 2.77. The maximum absolute atomic E-state index is 12.3. The highest BCUT2D eigenvalue weighted by Gasteiger charge is 2.14. The second-order valence-corrected chi connectivity index (χ2v) is 6.71. The normalized spacial score (nSPS) is 10.2. The molecule has 0 heterocycles. The van der Waals surface area contributed by atoms with E-state index in [0.29, 0.717) is 35.3 Å². The lowest BCUT2D eigenvalue weighted by molar-refractivity contribution is -0.147. The first-order valence-electron chi connectivity index (χ1n) is 9.77. The Labute approximate surface area is 185 Å². The van der Waals surface area contributed by atoms with E-state index in [1.807, 2.05) is 13.8 Å². The lowest BCUT2D eigenvalue weighted by Gasteiger charge is -2.12. The summed E-state index contributed by atoms with van der Waals surface area (Å²) in [5.41, 5.74) is 1.17. The number of esters is 1. The smallest absolute Gasteiger partial charge is 0.325 e. The Kier molecular flexibility index (Phi) is 9.64. The van der Waals surface area contributed by atoms with Crippen LogP contribution in [0.5, 0.6) is 11.5 Å². The van der Waals surface area contributed by atoms with Crippen LogP contribution in [0.3, 0.4) is 0 Å². The number of benzene rings is 2. The molecular weight excluding hydrogens is 424 g/mol. The number of halogens is 1. The largest absolute Gasteiger partial charge is 0.490 e. The monoisotopic (exact) mass is 448 g/mol. The maximum atomic E-state index is 12.3. The van der Waals surface area contributed by atoms with E-state index in [9.17, 15) is 14.4 Å². The molecule has 2 aromatic rings. The molecule has 2 rings (SSSR count). The molecule has 166 valence electrons. The fraction of sp³-hybridized carbons (Fsp3) is 0.318. The Morgan fingerprint density at radius 3 is 2.26 bits per heavy atom. The average molecular weight is 449 g/mol. The quantitative estimate of drug-likeness (QED) is 0.512. The number of hydrogen-bond donors (Lipinski definition) is 2. The highest BCUT2D eigenvalue weighted by Crippen LogP contribution is 2.28. The van der Waals surface area contributed by atoms with Crippen LogP contribution in [0.1, 0.15) is 29.8 Å². The van der Waals surface area contributed by atoms with Gasteiger partial charge in [-0.3, -0.25) is 14.4 Å². The fourth-order valence-corrected chi connectivity index (χ4v) is 2.62. The molecule has 0 saturated carbocycles. The third-order valence-corrected chi connectivity index (χ3v) is 4.22. The summed E-state index contributed by atoms with van der Waals surface area (Å²) in [6.45, 7) is 4.01. The van der Waals surface area contributed by atoms with Gasteiger partial charge in [0.05, 0.1) is 13.2 Å². The molecule has 0 aliphatic heterocycles. The molecule has 0 bridgehead atoms. The SMILES string of the molecule is CCOc1ccc(C(=O)NCC(=O)OCC(=O)NCc2ccc(Cl)cc2)cc1OCC. The van der Waals surface area contributed by atoms with Crippen LogP contribution in [0.25, 0.3) is 0 Å². The highest BCUT2D eigenvalue weighted by molar-refractivity contribution is 6.30. The van der Waals surface area contributed by atoms with Crippen molar-refractivity contribution >= 4 is 29.4 Å². The van der Waals surface area contributed by atoms with Crippen molar-refractivity contribution in [1.29, 1.82) is 0 Å². The van der Waals surface area contributed by atoms with Crippen LogP contribution >= 0.6 is 11.6 Å². The van der Waals surface area contributed by atoms with Crippen molar-refractivity contribution in [2.45, 2.75) is 20.4 Å². The molecule has 0 saturated heterocycles. The zero-order chi connectivity index (χ0) is 22.6. The summed E-state index contributed by atoms with van der Waals surface area (Å²) >= 11 is 5.80. The van der Waals surface area contributed by atoms with E-state index in [0.717, 1.165) is 5.56 Å². The summed E-state index contributed by atoms with van der Waals surface area (Å²) in [7, 11) is 0. The van der Waals surface area contributed by atoms with Crippen LogP contribution in [0, 0.1) is 0 Å². The molecule has 2 amide bonds. The van der Waals surface area contributed by atoms with Gasteiger partial charge in [-0.2, -0.15) is 0 Å². The predicted octanol–water partition coefficient (Wildman–Crippen LogP) is 2.73. The van der Waals surface area contributed by atoms with E-state index >= 15 is 0 Å². The van der Waals surface area contributed by atoms with Gasteiger partial charge < -0.3 is 24.8 Å². The first kappa shape index (κ1) is 24.0. The lowest BCUT2D eigenvalue weighted by atomic mass is 10.2. The van der Waals surface area contributed by atoms with E-state index in [1.54, 1.807) is 42.5 Å². The molecule has 31 heavy (non-hydrogen) atoms. The van der Waals surface area contributed by atoms with Gasteiger partial charge in [0.2, 0.25) is 0 Å². The summed E-state index contributed by atoms with van der Waals surface area (Å²) in [5, 5.41) is 5.68. The van der Waals surface area contributed by atoms with E-state index in [4.69, 9.17) is 25.8 Å². The molecule has 0 radical (unpaired) electrons. The van der Waals surface area contributed by atoms with Crippen LogP contribution in [-0.2, 0) is 20.9 Å². The van der Waals surface area contributed by atoms with Gasteiger partial charge >= 0.3 is 5.97 Å². The van der Waals surface area contributed by atoms with E-state index in [1.165, 1.54) is 0 Å². The number of hydrogen-bond acceptors (Lipinski definition) is 6. The zero-order valence-electron chi connectivity index (χ0n) is 17.4. The minimum Gasteiger partial charge on any atom is -0.490 e. The number of rotatable bonds is 11. The molecule has 2 aromatic carbocycles. The molecule has 0 aromatic heterocycles. The Morgan fingerprint density at radius 2 is 1.58 bits per heavy atom. The number of carbonyl (C=O) groups excluding carboxylic acids is 3. The number of amides is 2. The Hall–Kier alpha value is -3.26.